The minimum atomic E-state index is -0.627. The molecule has 0 spiro atoms. The highest BCUT2D eigenvalue weighted by Gasteiger charge is 2.12. The van der Waals surface area contributed by atoms with E-state index in [1.165, 1.54) is 12.2 Å². The fourth-order valence-corrected chi connectivity index (χ4v) is 2.91. The largest absolute Gasteiger partial charge is 0.486 e. The van der Waals surface area contributed by atoms with E-state index in [0.717, 1.165) is 11.3 Å². The van der Waals surface area contributed by atoms with Gasteiger partial charge in [0.05, 0.1) is 10.0 Å². The van der Waals surface area contributed by atoms with E-state index in [9.17, 15) is 9.59 Å². The highest BCUT2D eigenvalue weighted by atomic mass is 35.5. The van der Waals surface area contributed by atoms with Crippen molar-refractivity contribution in [2.45, 2.75) is 6.42 Å². The first-order valence-corrected chi connectivity index (χ1v) is 9.72. The van der Waals surface area contributed by atoms with E-state index in [4.69, 9.17) is 37.4 Å². The predicted octanol–water partition coefficient (Wildman–Crippen LogP) is 3.68. The van der Waals surface area contributed by atoms with Crippen molar-refractivity contribution in [3.63, 3.8) is 0 Å². The van der Waals surface area contributed by atoms with Gasteiger partial charge in [0.1, 0.15) is 13.2 Å². The van der Waals surface area contributed by atoms with Crippen LogP contribution in [0.15, 0.2) is 42.5 Å². The van der Waals surface area contributed by atoms with Crippen LogP contribution in [0.3, 0.4) is 0 Å². The molecular formula is C21H19Cl2NO5. The van der Waals surface area contributed by atoms with E-state index in [-0.39, 0.29) is 12.5 Å². The number of hydrogen-bond acceptors (Lipinski definition) is 5. The van der Waals surface area contributed by atoms with Gasteiger partial charge in [-0.05, 0) is 47.9 Å². The third-order valence-corrected chi connectivity index (χ3v) is 4.78. The van der Waals surface area contributed by atoms with Gasteiger partial charge in [0, 0.05) is 12.6 Å². The number of amides is 1. The number of carbonyl (C=O) groups is 2. The number of carbonyl (C=O) groups excluding carboxylic acids is 2. The SMILES string of the molecule is O=C(COC(=O)/C=C/c1ccc(Cl)c(Cl)c1)NCCc1ccc2c(c1)OCCO2. The number of ether oxygens (including phenoxy) is 3. The van der Waals surface area contributed by atoms with Crippen LogP contribution < -0.4 is 14.8 Å². The third-order valence-electron chi connectivity index (χ3n) is 4.04. The van der Waals surface area contributed by atoms with Crippen LogP contribution in [0.1, 0.15) is 11.1 Å². The van der Waals surface area contributed by atoms with Crippen molar-refractivity contribution in [2.75, 3.05) is 26.4 Å². The van der Waals surface area contributed by atoms with E-state index in [1.807, 2.05) is 18.2 Å². The maximum atomic E-state index is 11.8. The molecule has 3 rings (SSSR count). The Bertz CT molecular complexity index is 929. The second kappa shape index (κ2) is 10.2. The Balaban J connectivity index is 1.37. The molecule has 0 fully saturated rings. The highest BCUT2D eigenvalue weighted by molar-refractivity contribution is 6.42. The quantitative estimate of drug-likeness (QED) is 0.530. The van der Waals surface area contributed by atoms with Gasteiger partial charge in [-0.25, -0.2) is 4.79 Å². The number of rotatable bonds is 7. The monoisotopic (exact) mass is 435 g/mol. The first-order chi connectivity index (χ1) is 14.0. The van der Waals surface area contributed by atoms with Gasteiger partial charge >= 0.3 is 5.97 Å². The van der Waals surface area contributed by atoms with Crippen LogP contribution in [0, 0.1) is 0 Å². The molecular weight excluding hydrogens is 417 g/mol. The molecule has 2 aromatic rings. The minimum Gasteiger partial charge on any atom is -0.486 e. The zero-order valence-corrected chi connectivity index (χ0v) is 17.0. The maximum Gasteiger partial charge on any atom is 0.331 e. The molecule has 1 aliphatic rings. The lowest BCUT2D eigenvalue weighted by molar-refractivity contribution is -0.143. The fraction of sp³-hybridized carbons (Fsp3) is 0.238. The summed E-state index contributed by atoms with van der Waals surface area (Å²) in [7, 11) is 0. The Morgan fingerprint density at radius 2 is 1.83 bits per heavy atom. The summed E-state index contributed by atoms with van der Waals surface area (Å²) in [5, 5.41) is 3.53. The van der Waals surface area contributed by atoms with Gasteiger partial charge in [-0.3, -0.25) is 4.79 Å². The number of halogens is 2. The number of fused-ring (bicyclic) bond motifs is 1. The van der Waals surface area contributed by atoms with Crippen LogP contribution in [-0.4, -0.2) is 38.2 Å². The molecule has 1 amide bonds. The van der Waals surface area contributed by atoms with Crippen LogP contribution in [0.2, 0.25) is 10.0 Å². The lowest BCUT2D eigenvalue weighted by Gasteiger charge is -2.18. The molecule has 0 atom stereocenters. The van der Waals surface area contributed by atoms with E-state index in [0.29, 0.717) is 47.5 Å². The molecule has 0 radical (unpaired) electrons. The van der Waals surface area contributed by atoms with Gasteiger partial charge < -0.3 is 19.5 Å². The lowest BCUT2D eigenvalue weighted by Crippen LogP contribution is -2.30. The highest BCUT2D eigenvalue weighted by Crippen LogP contribution is 2.30. The smallest absolute Gasteiger partial charge is 0.331 e. The Morgan fingerprint density at radius 3 is 2.62 bits per heavy atom. The summed E-state index contributed by atoms with van der Waals surface area (Å²) < 4.78 is 15.9. The molecule has 0 aromatic heterocycles. The molecule has 1 N–H and O–H groups in total. The Labute approximate surface area is 178 Å². The van der Waals surface area contributed by atoms with Gasteiger partial charge in [-0.2, -0.15) is 0 Å². The van der Waals surface area contributed by atoms with Crippen LogP contribution in [-0.2, 0) is 20.7 Å². The van der Waals surface area contributed by atoms with E-state index in [1.54, 1.807) is 18.2 Å². The van der Waals surface area contributed by atoms with E-state index in [2.05, 4.69) is 5.32 Å². The lowest BCUT2D eigenvalue weighted by atomic mass is 10.1. The molecule has 1 heterocycles. The van der Waals surface area contributed by atoms with Gasteiger partial charge in [0.2, 0.25) is 0 Å². The minimum absolute atomic E-state index is 0.355. The van der Waals surface area contributed by atoms with Gasteiger partial charge in [0.15, 0.2) is 18.1 Å². The van der Waals surface area contributed by atoms with Crippen molar-refractivity contribution in [2.24, 2.45) is 0 Å². The summed E-state index contributed by atoms with van der Waals surface area (Å²) in [5.74, 6) is 0.435. The van der Waals surface area contributed by atoms with Crippen molar-refractivity contribution in [1.82, 2.24) is 5.32 Å². The van der Waals surface area contributed by atoms with Crippen LogP contribution in [0.5, 0.6) is 11.5 Å². The first-order valence-electron chi connectivity index (χ1n) is 8.96. The summed E-state index contributed by atoms with van der Waals surface area (Å²) >= 11 is 11.7. The summed E-state index contributed by atoms with van der Waals surface area (Å²) in [6, 6.07) is 10.6. The first kappa shape index (κ1) is 21.0. The molecule has 0 saturated carbocycles. The summed E-state index contributed by atoms with van der Waals surface area (Å²) in [4.78, 5) is 23.6. The van der Waals surface area contributed by atoms with Crippen LogP contribution in [0.4, 0.5) is 0 Å². The van der Waals surface area contributed by atoms with Crippen LogP contribution in [0.25, 0.3) is 6.08 Å². The Hall–Kier alpha value is -2.70. The second-order valence-corrected chi connectivity index (χ2v) is 7.01. The van der Waals surface area contributed by atoms with Gasteiger partial charge in [-0.15, -0.1) is 0 Å². The zero-order valence-electron chi connectivity index (χ0n) is 15.5. The Morgan fingerprint density at radius 1 is 1.03 bits per heavy atom. The standard InChI is InChI=1S/C21H19Cl2NO5/c22-16-4-1-14(11-17(16)23)3-6-21(26)29-13-20(25)24-8-7-15-2-5-18-19(12-15)28-10-9-27-18/h1-6,11-12H,7-10,13H2,(H,24,25)/b6-3+. The van der Waals surface area contributed by atoms with E-state index >= 15 is 0 Å². The summed E-state index contributed by atoms with van der Waals surface area (Å²) in [6.07, 6.45) is 3.37. The van der Waals surface area contributed by atoms with E-state index < -0.39 is 5.97 Å². The van der Waals surface area contributed by atoms with Crippen molar-refractivity contribution < 1.29 is 23.8 Å². The molecule has 0 bridgehead atoms. The number of nitrogens with one attached hydrogen (secondary N) is 1. The average molecular weight is 436 g/mol. The molecule has 0 saturated heterocycles. The van der Waals surface area contributed by atoms with Crippen molar-refractivity contribution in [1.29, 1.82) is 0 Å². The van der Waals surface area contributed by atoms with Gasteiger partial charge in [0.25, 0.3) is 5.91 Å². The third kappa shape index (κ3) is 6.41. The zero-order chi connectivity index (χ0) is 20.6. The van der Waals surface area contributed by atoms with Gasteiger partial charge in [-0.1, -0.05) is 35.3 Å². The number of hydrogen-bond donors (Lipinski definition) is 1. The summed E-state index contributed by atoms with van der Waals surface area (Å²) in [5.41, 5.74) is 1.70. The molecule has 0 unspecified atom stereocenters. The Kier molecular flexibility index (Phi) is 7.38. The summed E-state index contributed by atoms with van der Waals surface area (Å²) in [6.45, 7) is 1.13. The fourth-order valence-electron chi connectivity index (χ4n) is 2.61. The van der Waals surface area contributed by atoms with Crippen molar-refractivity contribution in [3.8, 4) is 11.5 Å². The molecule has 8 heteroatoms. The molecule has 0 aliphatic carbocycles. The molecule has 2 aromatic carbocycles. The predicted molar refractivity (Wildman–Crippen MR) is 111 cm³/mol. The van der Waals surface area contributed by atoms with Crippen LogP contribution >= 0.6 is 23.2 Å². The normalized spacial score (nSPS) is 12.6. The topological polar surface area (TPSA) is 73.9 Å². The molecule has 152 valence electrons. The molecule has 6 nitrogen and oxygen atoms in total. The van der Waals surface area contributed by atoms with Crippen molar-refractivity contribution in [3.05, 3.63) is 63.6 Å². The maximum absolute atomic E-state index is 11.8. The van der Waals surface area contributed by atoms with Crippen molar-refractivity contribution >= 4 is 41.2 Å². The number of benzene rings is 2. The average Bonchev–Trinajstić information content (AvgIpc) is 2.73. The second-order valence-electron chi connectivity index (χ2n) is 6.19. The molecule has 1 aliphatic heterocycles. The number of esters is 1. The molecule has 29 heavy (non-hydrogen) atoms.